The van der Waals surface area contributed by atoms with E-state index in [1.807, 2.05) is 35.2 Å². The maximum Gasteiger partial charge on any atom is 0.225 e. The number of nitrogens with zero attached hydrogens (tertiary/aromatic N) is 3. The molecule has 1 saturated heterocycles. The van der Waals surface area contributed by atoms with Crippen molar-refractivity contribution in [2.45, 2.75) is 19.4 Å². The van der Waals surface area contributed by atoms with Gasteiger partial charge in [0.15, 0.2) is 0 Å². The number of halogens is 1. The van der Waals surface area contributed by atoms with Gasteiger partial charge in [0.25, 0.3) is 0 Å². The Labute approximate surface area is 164 Å². The number of nitrogens with one attached hydrogen (secondary N) is 1. The maximum absolute atomic E-state index is 12.8. The van der Waals surface area contributed by atoms with Gasteiger partial charge in [-0.2, -0.15) is 0 Å². The Bertz CT molecular complexity index is 774. The van der Waals surface area contributed by atoms with Gasteiger partial charge in [0.2, 0.25) is 11.8 Å². The molecule has 1 unspecified atom stereocenters. The molecule has 7 heteroatoms. The average Bonchev–Trinajstić information content (AvgIpc) is 2.68. The molecule has 2 heterocycles. The summed E-state index contributed by atoms with van der Waals surface area (Å²) < 4.78 is 0. The van der Waals surface area contributed by atoms with E-state index < -0.39 is 0 Å². The first kappa shape index (κ1) is 19.2. The summed E-state index contributed by atoms with van der Waals surface area (Å²) in [6.45, 7) is 4.23. The highest BCUT2D eigenvalue weighted by molar-refractivity contribution is 6.30. The van der Waals surface area contributed by atoms with Crippen LogP contribution >= 0.6 is 11.6 Å². The molecule has 1 aromatic heterocycles. The highest BCUT2D eigenvalue weighted by Crippen LogP contribution is 2.21. The molecule has 6 nitrogen and oxygen atoms in total. The lowest BCUT2D eigenvalue weighted by Gasteiger charge is -2.36. The molecule has 1 N–H and O–H groups in total. The predicted octanol–water partition coefficient (Wildman–Crippen LogP) is 2.65. The number of rotatable bonds is 5. The molecule has 0 bridgehead atoms. The van der Waals surface area contributed by atoms with Crippen molar-refractivity contribution in [1.82, 2.24) is 15.2 Å². The van der Waals surface area contributed by atoms with Crippen LogP contribution in [0, 0.1) is 0 Å². The monoisotopic (exact) mass is 386 g/mol. The summed E-state index contributed by atoms with van der Waals surface area (Å²) in [6, 6.07) is 12.7. The highest BCUT2D eigenvalue weighted by atomic mass is 35.5. The SMILES string of the molecule is CC(=O)NC(CC(=O)N1CCN(c2ccccn2)CC1)c1ccc(Cl)cc1. The number of hydrogen-bond acceptors (Lipinski definition) is 4. The van der Waals surface area contributed by atoms with Gasteiger partial charge in [-0.3, -0.25) is 9.59 Å². The Hall–Kier alpha value is -2.60. The lowest BCUT2D eigenvalue weighted by atomic mass is 10.0. The first-order valence-corrected chi connectivity index (χ1v) is 9.37. The van der Waals surface area contributed by atoms with Gasteiger partial charge < -0.3 is 15.1 Å². The zero-order valence-electron chi connectivity index (χ0n) is 15.3. The maximum atomic E-state index is 12.8. The predicted molar refractivity (Wildman–Crippen MR) is 106 cm³/mol. The van der Waals surface area contributed by atoms with E-state index in [1.165, 1.54) is 6.92 Å². The van der Waals surface area contributed by atoms with Crippen molar-refractivity contribution < 1.29 is 9.59 Å². The third-order valence-electron chi connectivity index (χ3n) is 4.63. The topological polar surface area (TPSA) is 65.5 Å². The number of carbonyl (C=O) groups excluding carboxylic acids is 2. The quantitative estimate of drug-likeness (QED) is 0.857. The van der Waals surface area contributed by atoms with Crippen LogP contribution < -0.4 is 10.2 Å². The number of aromatic nitrogens is 1. The first-order valence-electron chi connectivity index (χ1n) is 8.99. The van der Waals surface area contributed by atoms with Crippen LogP contribution in [-0.4, -0.2) is 47.9 Å². The summed E-state index contributed by atoms with van der Waals surface area (Å²) in [4.78, 5) is 32.8. The van der Waals surface area contributed by atoms with E-state index in [1.54, 1.807) is 18.3 Å². The fraction of sp³-hybridized carbons (Fsp3) is 0.350. The number of carbonyl (C=O) groups is 2. The van der Waals surface area contributed by atoms with Crippen LogP contribution in [0.5, 0.6) is 0 Å². The molecule has 1 aromatic carbocycles. The minimum absolute atomic E-state index is 0.0318. The fourth-order valence-corrected chi connectivity index (χ4v) is 3.35. The van der Waals surface area contributed by atoms with Gasteiger partial charge in [-0.25, -0.2) is 4.98 Å². The van der Waals surface area contributed by atoms with Crippen molar-refractivity contribution in [3.8, 4) is 0 Å². The summed E-state index contributed by atoms with van der Waals surface area (Å²) in [5, 5.41) is 3.49. The van der Waals surface area contributed by atoms with Gasteiger partial charge in [0, 0.05) is 44.3 Å². The fourth-order valence-electron chi connectivity index (χ4n) is 3.22. The second-order valence-electron chi connectivity index (χ2n) is 6.56. The van der Waals surface area contributed by atoms with E-state index in [-0.39, 0.29) is 24.3 Å². The second-order valence-corrected chi connectivity index (χ2v) is 7.00. The number of piperazine rings is 1. The van der Waals surface area contributed by atoms with E-state index in [0.29, 0.717) is 18.1 Å². The summed E-state index contributed by atoms with van der Waals surface area (Å²) in [7, 11) is 0. The van der Waals surface area contributed by atoms with Crippen LogP contribution in [0.15, 0.2) is 48.7 Å². The van der Waals surface area contributed by atoms with Gasteiger partial charge in [-0.15, -0.1) is 0 Å². The standard InChI is InChI=1S/C20H23ClN4O2/c1-15(26)23-18(16-5-7-17(21)8-6-16)14-20(27)25-12-10-24(11-13-25)19-4-2-3-9-22-19/h2-9,18H,10-14H2,1H3,(H,23,26). The van der Waals surface area contributed by atoms with Gasteiger partial charge >= 0.3 is 0 Å². The zero-order valence-corrected chi connectivity index (χ0v) is 16.0. The number of benzene rings is 1. The van der Waals surface area contributed by atoms with E-state index in [2.05, 4.69) is 15.2 Å². The minimum atomic E-state index is -0.360. The summed E-state index contributed by atoms with van der Waals surface area (Å²) in [6.07, 6.45) is 2.00. The largest absolute Gasteiger partial charge is 0.353 e. The molecule has 0 saturated carbocycles. The number of anilines is 1. The van der Waals surface area contributed by atoms with E-state index in [4.69, 9.17) is 11.6 Å². The summed E-state index contributed by atoms with van der Waals surface area (Å²) in [5.41, 5.74) is 0.870. The Morgan fingerprint density at radius 1 is 1.11 bits per heavy atom. The van der Waals surface area contributed by atoms with Crippen molar-refractivity contribution in [3.63, 3.8) is 0 Å². The highest BCUT2D eigenvalue weighted by Gasteiger charge is 2.25. The molecule has 27 heavy (non-hydrogen) atoms. The molecular weight excluding hydrogens is 364 g/mol. The average molecular weight is 387 g/mol. The van der Waals surface area contributed by atoms with E-state index in [0.717, 1.165) is 24.5 Å². The van der Waals surface area contributed by atoms with Crippen molar-refractivity contribution in [1.29, 1.82) is 0 Å². The Morgan fingerprint density at radius 2 is 1.81 bits per heavy atom. The molecule has 0 radical (unpaired) electrons. The molecule has 1 fully saturated rings. The number of hydrogen-bond donors (Lipinski definition) is 1. The third kappa shape index (κ3) is 5.20. The molecule has 3 rings (SSSR count). The van der Waals surface area contributed by atoms with Gasteiger partial charge in [0.1, 0.15) is 5.82 Å². The van der Waals surface area contributed by atoms with E-state index in [9.17, 15) is 9.59 Å². The van der Waals surface area contributed by atoms with Crippen LogP contribution in [0.3, 0.4) is 0 Å². The van der Waals surface area contributed by atoms with Crippen molar-refractivity contribution in [2.24, 2.45) is 0 Å². The van der Waals surface area contributed by atoms with Crippen LogP contribution in [0.1, 0.15) is 24.9 Å². The molecule has 1 aliphatic heterocycles. The second kappa shape index (κ2) is 8.86. The normalized spacial score (nSPS) is 15.3. The van der Waals surface area contributed by atoms with Crippen LogP contribution in [-0.2, 0) is 9.59 Å². The van der Waals surface area contributed by atoms with Crippen LogP contribution in [0.25, 0.3) is 0 Å². The first-order chi connectivity index (χ1) is 13.0. The molecule has 0 spiro atoms. The van der Waals surface area contributed by atoms with E-state index >= 15 is 0 Å². The smallest absolute Gasteiger partial charge is 0.225 e. The molecular formula is C20H23ClN4O2. The van der Waals surface area contributed by atoms with Crippen molar-refractivity contribution in [3.05, 3.63) is 59.2 Å². The molecule has 2 aromatic rings. The number of amides is 2. The molecule has 1 aliphatic rings. The van der Waals surface area contributed by atoms with Crippen molar-refractivity contribution >= 4 is 29.2 Å². The molecule has 1 atom stereocenters. The molecule has 2 amide bonds. The Balaban J connectivity index is 1.61. The Morgan fingerprint density at radius 3 is 2.41 bits per heavy atom. The lowest BCUT2D eigenvalue weighted by molar-refractivity contribution is -0.132. The third-order valence-corrected chi connectivity index (χ3v) is 4.89. The van der Waals surface area contributed by atoms with Crippen LogP contribution in [0.2, 0.25) is 5.02 Å². The van der Waals surface area contributed by atoms with Gasteiger partial charge in [-0.05, 0) is 29.8 Å². The zero-order chi connectivity index (χ0) is 19.2. The molecule has 142 valence electrons. The lowest BCUT2D eigenvalue weighted by Crippen LogP contribution is -2.49. The number of pyridine rings is 1. The minimum Gasteiger partial charge on any atom is -0.353 e. The van der Waals surface area contributed by atoms with Gasteiger partial charge in [-0.1, -0.05) is 29.8 Å². The van der Waals surface area contributed by atoms with Crippen LogP contribution in [0.4, 0.5) is 5.82 Å². The summed E-state index contributed by atoms with van der Waals surface area (Å²) >= 11 is 5.94. The Kier molecular flexibility index (Phi) is 6.29. The van der Waals surface area contributed by atoms with Crippen molar-refractivity contribution in [2.75, 3.05) is 31.1 Å². The van der Waals surface area contributed by atoms with Gasteiger partial charge in [0.05, 0.1) is 12.5 Å². The molecule has 0 aliphatic carbocycles. The summed E-state index contributed by atoms with van der Waals surface area (Å²) in [5.74, 6) is 0.800.